The molecule has 0 spiro atoms. The molecule has 27 heavy (non-hydrogen) atoms. The number of hydrogen-bond acceptors (Lipinski definition) is 5. The van der Waals surface area contributed by atoms with Gasteiger partial charge in [-0.1, -0.05) is 42.5 Å². The monoisotopic (exact) mass is 372 g/mol. The second kappa shape index (κ2) is 11.9. The summed E-state index contributed by atoms with van der Waals surface area (Å²) in [5.41, 5.74) is 7.21. The van der Waals surface area contributed by atoms with Crippen molar-refractivity contribution in [2.24, 2.45) is 5.73 Å². The van der Waals surface area contributed by atoms with Gasteiger partial charge in [0, 0.05) is 19.5 Å². The summed E-state index contributed by atoms with van der Waals surface area (Å²) >= 11 is 0. The van der Waals surface area contributed by atoms with Gasteiger partial charge in [0.05, 0.1) is 19.3 Å². The molecule has 146 valence electrons. The van der Waals surface area contributed by atoms with Crippen LogP contribution in [0.3, 0.4) is 0 Å². The zero-order chi connectivity index (χ0) is 19.3. The number of amides is 1. The third-order valence-electron chi connectivity index (χ3n) is 4.02. The average molecular weight is 372 g/mol. The predicted molar refractivity (Wildman–Crippen MR) is 105 cm³/mol. The van der Waals surface area contributed by atoms with E-state index in [1.54, 1.807) is 0 Å². The Labute approximate surface area is 160 Å². The van der Waals surface area contributed by atoms with Gasteiger partial charge >= 0.3 is 6.09 Å². The normalized spacial score (nSPS) is 11.7. The van der Waals surface area contributed by atoms with Crippen LogP contribution in [0.2, 0.25) is 0 Å². The molecule has 0 aliphatic carbocycles. The van der Waals surface area contributed by atoms with E-state index in [2.05, 4.69) is 22.2 Å². The van der Waals surface area contributed by atoms with Crippen LogP contribution in [-0.4, -0.2) is 37.1 Å². The highest BCUT2D eigenvalue weighted by Gasteiger charge is 2.05. The fraction of sp³-hybridized carbons (Fsp3) is 0.381. The standard InChI is InChI=1S/C21H28N2O4/c22-21(25)27-13-5-12-26-20-9-4-8-18(14-20)15-23-16-19(24)11-10-17-6-2-1-3-7-17/h1-4,6-9,14,19,23-24H,5,10-13,15-16H2,(H2,22,25)/t19-/m1/s1. The smallest absolute Gasteiger partial charge is 0.404 e. The van der Waals surface area contributed by atoms with E-state index in [9.17, 15) is 9.90 Å². The highest BCUT2D eigenvalue weighted by atomic mass is 16.5. The van der Waals surface area contributed by atoms with E-state index in [1.807, 2.05) is 42.5 Å². The van der Waals surface area contributed by atoms with Crippen molar-refractivity contribution < 1.29 is 19.4 Å². The number of primary amides is 1. The molecule has 0 aliphatic rings. The van der Waals surface area contributed by atoms with E-state index in [4.69, 9.17) is 10.5 Å². The van der Waals surface area contributed by atoms with Gasteiger partial charge in [-0.3, -0.25) is 0 Å². The molecule has 0 aliphatic heterocycles. The highest BCUT2D eigenvalue weighted by molar-refractivity contribution is 5.64. The Hall–Kier alpha value is -2.57. The van der Waals surface area contributed by atoms with Crippen LogP contribution in [-0.2, 0) is 17.7 Å². The minimum Gasteiger partial charge on any atom is -0.493 e. The lowest BCUT2D eigenvalue weighted by molar-refractivity contribution is 0.147. The summed E-state index contributed by atoms with van der Waals surface area (Å²) in [6.45, 7) is 1.90. The summed E-state index contributed by atoms with van der Waals surface area (Å²) in [5, 5.41) is 13.4. The van der Waals surface area contributed by atoms with Crippen LogP contribution < -0.4 is 15.8 Å². The first-order valence-electron chi connectivity index (χ1n) is 9.20. The van der Waals surface area contributed by atoms with Gasteiger partial charge in [0.15, 0.2) is 0 Å². The summed E-state index contributed by atoms with van der Waals surface area (Å²) in [5.74, 6) is 0.762. The third kappa shape index (κ3) is 9.08. The Morgan fingerprint density at radius 1 is 1.07 bits per heavy atom. The molecule has 0 saturated heterocycles. The summed E-state index contributed by atoms with van der Waals surface area (Å²) in [6, 6.07) is 17.9. The van der Waals surface area contributed by atoms with Crippen molar-refractivity contribution in [2.75, 3.05) is 19.8 Å². The summed E-state index contributed by atoms with van der Waals surface area (Å²) in [4.78, 5) is 10.5. The quantitative estimate of drug-likeness (QED) is 0.498. The molecule has 6 nitrogen and oxygen atoms in total. The van der Waals surface area contributed by atoms with E-state index in [0.29, 0.717) is 26.1 Å². The Bertz CT molecular complexity index is 679. The number of nitrogens with two attached hydrogens (primary N) is 1. The number of benzene rings is 2. The number of aliphatic hydroxyl groups is 1. The molecule has 0 unspecified atom stereocenters. The maximum atomic E-state index is 10.5. The molecule has 4 N–H and O–H groups in total. The molecule has 1 atom stereocenters. The van der Waals surface area contributed by atoms with Crippen molar-refractivity contribution in [2.45, 2.75) is 31.9 Å². The number of hydrogen-bond donors (Lipinski definition) is 3. The fourth-order valence-corrected chi connectivity index (χ4v) is 2.63. The molecule has 0 fully saturated rings. The van der Waals surface area contributed by atoms with Crippen LogP contribution in [0.1, 0.15) is 24.0 Å². The second-order valence-electron chi connectivity index (χ2n) is 6.33. The lowest BCUT2D eigenvalue weighted by Crippen LogP contribution is -2.26. The van der Waals surface area contributed by atoms with Gasteiger partial charge in [0.25, 0.3) is 0 Å². The molecule has 1 amide bonds. The molecule has 2 rings (SSSR count). The summed E-state index contributed by atoms with van der Waals surface area (Å²) < 4.78 is 10.3. The van der Waals surface area contributed by atoms with Gasteiger partial charge < -0.3 is 25.6 Å². The molecule has 0 heterocycles. The summed E-state index contributed by atoms with van der Waals surface area (Å²) in [7, 11) is 0. The molecule has 6 heteroatoms. The maximum absolute atomic E-state index is 10.5. The first kappa shape index (κ1) is 20.7. The number of ether oxygens (including phenoxy) is 2. The van der Waals surface area contributed by atoms with Crippen molar-refractivity contribution in [3.63, 3.8) is 0 Å². The number of carbonyl (C=O) groups excluding carboxylic acids is 1. The van der Waals surface area contributed by atoms with Gasteiger partial charge in [0.2, 0.25) is 0 Å². The van der Waals surface area contributed by atoms with Crippen molar-refractivity contribution in [1.82, 2.24) is 5.32 Å². The molecule has 0 saturated carbocycles. The largest absolute Gasteiger partial charge is 0.493 e. The van der Waals surface area contributed by atoms with Gasteiger partial charge in [-0.25, -0.2) is 4.79 Å². The van der Waals surface area contributed by atoms with E-state index in [1.165, 1.54) is 5.56 Å². The van der Waals surface area contributed by atoms with Gasteiger partial charge in [-0.05, 0) is 36.1 Å². The minimum atomic E-state index is -0.769. The maximum Gasteiger partial charge on any atom is 0.404 e. The van der Waals surface area contributed by atoms with Crippen LogP contribution in [0, 0.1) is 0 Å². The number of rotatable bonds is 12. The molecule has 0 radical (unpaired) electrons. The fourth-order valence-electron chi connectivity index (χ4n) is 2.63. The number of nitrogens with one attached hydrogen (secondary N) is 1. The number of carbonyl (C=O) groups is 1. The number of aryl methyl sites for hydroxylation is 1. The van der Waals surface area contributed by atoms with Crippen LogP contribution in [0.15, 0.2) is 54.6 Å². The van der Waals surface area contributed by atoms with Gasteiger partial charge in [-0.2, -0.15) is 0 Å². The average Bonchev–Trinajstić information content (AvgIpc) is 2.67. The first-order valence-corrected chi connectivity index (χ1v) is 9.20. The second-order valence-corrected chi connectivity index (χ2v) is 6.33. The molecular weight excluding hydrogens is 344 g/mol. The summed E-state index contributed by atoms with van der Waals surface area (Å²) in [6.07, 6.45) is 1.03. The van der Waals surface area contributed by atoms with Crippen molar-refractivity contribution in [1.29, 1.82) is 0 Å². The highest BCUT2D eigenvalue weighted by Crippen LogP contribution is 2.13. The van der Waals surface area contributed by atoms with E-state index in [0.717, 1.165) is 24.2 Å². The molecule has 0 bridgehead atoms. The molecule has 2 aromatic carbocycles. The third-order valence-corrected chi connectivity index (χ3v) is 4.02. The van der Waals surface area contributed by atoms with E-state index >= 15 is 0 Å². The first-order chi connectivity index (χ1) is 13.1. The number of aliphatic hydroxyl groups excluding tert-OH is 1. The van der Waals surface area contributed by atoms with E-state index < -0.39 is 6.09 Å². The topological polar surface area (TPSA) is 93.8 Å². The Kier molecular flexibility index (Phi) is 9.17. The molecule has 0 aromatic heterocycles. The van der Waals surface area contributed by atoms with Crippen LogP contribution in [0.4, 0.5) is 4.79 Å². The van der Waals surface area contributed by atoms with Crippen LogP contribution in [0.5, 0.6) is 5.75 Å². The minimum absolute atomic E-state index is 0.247. The zero-order valence-corrected chi connectivity index (χ0v) is 15.5. The van der Waals surface area contributed by atoms with Crippen molar-refractivity contribution in [3.05, 3.63) is 65.7 Å². The molecule has 2 aromatic rings. The molecular formula is C21H28N2O4. The van der Waals surface area contributed by atoms with Gasteiger partial charge in [0.1, 0.15) is 5.75 Å². The van der Waals surface area contributed by atoms with Crippen molar-refractivity contribution in [3.8, 4) is 5.75 Å². The Morgan fingerprint density at radius 3 is 2.63 bits per heavy atom. The zero-order valence-electron chi connectivity index (χ0n) is 15.5. The lowest BCUT2D eigenvalue weighted by Gasteiger charge is -2.13. The SMILES string of the molecule is NC(=O)OCCCOc1cccc(CNC[C@H](O)CCc2ccccc2)c1. The van der Waals surface area contributed by atoms with E-state index in [-0.39, 0.29) is 12.7 Å². The van der Waals surface area contributed by atoms with Gasteiger partial charge in [-0.15, -0.1) is 0 Å². The predicted octanol–water partition coefficient (Wildman–Crippen LogP) is 2.63. The Morgan fingerprint density at radius 2 is 1.85 bits per heavy atom. The van der Waals surface area contributed by atoms with Crippen LogP contribution in [0.25, 0.3) is 0 Å². The van der Waals surface area contributed by atoms with Crippen LogP contribution >= 0.6 is 0 Å². The lowest BCUT2D eigenvalue weighted by atomic mass is 10.1. The van der Waals surface area contributed by atoms with Crippen molar-refractivity contribution >= 4 is 6.09 Å². The Balaban J connectivity index is 1.63.